The molecule has 3 aliphatic rings. The third-order valence-corrected chi connectivity index (χ3v) is 6.24. The van der Waals surface area contributed by atoms with Crippen molar-refractivity contribution in [1.29, 1.82) is 0 Å². The van der Waals surface area contributed by atoms with Crippen LogP contribution in [0.2, 0.25) is 0 Å². The standard InChI is InChI=1S/C19H34N4O12S/c1-19(22-23-19)6-20-18(36)21-7(4-32-16-14(30)12(28)10(26)8(2-24)34-16)5-33-17-15(31)13(29)11(27)9(3-25)35-17/h7-17,24-31H,2-6H2,1H3,(H2,20,21,36)/t8-,9-,10-,11-,12+,13+,14+,15+,16+,17+/m1/s1. The first-order chi connectivity index (χ1) is 17.0. The van der Waals surface area contributed by atoms with E-state index in [4.69, 9.17) is 31.2 Å². The van der Waals surface area contributed by atoms with Gasteiger partial charge in [-0.3, -0.25) is 0 Å². The van der Waals surface area contributed by atoms with Crippen LogP contribution in [-0.2, 0) is 18.9 Å². The highest BCUT2D eigenvalue weighted by molar-refractivity contribution is 7.80. The minimum absolute atomic E-state index is 0.160. The van der Waals surface area contributed by atoms with Crippen molar-refractivity contribution in [2.75, 3.05) is 33.0 Å². The van der Waals surface area contributed by atoms with Crippen LogP contribution in [-0.4, -0.2) is 152 Å². The molecule has 36 heavy (non-hydrogen) atoms. The van der Waals surface area contributed by atoms with Crippen molar-refractivity contribution in [3.63, 3.8) is 0 Å². The van der Waals surface area contributed by atoms with Crippen molar-refractivity contribution in [3.8, 4) is 0 Å². The second-order valence-corrected chi connectivity index (χ2v) is 9.41. The Bertz CT molecular complexity index is 718. The van der Waals surface area contributed by atoms with Gasteiger partial charge in [0.05, 0.1) is 39.0 Å². The number of rotatable bonds is 11. The van der Waals surface area contributed by atoms with Gasteiger partial charge < -0.3 is 70.4 Å². The molecule has 0 aromatic rings. The molecule has 0 aromatic heterocycles. The van der Waals surface area contributed by atoms with Gasteiger partial charge in [-0.1, -0.05) is 0 Å². The van der Waals surface area contributed by atoms with Crippen molar-refractivity contribution in [2.45, 2.75) is 80.0 Å². The molecular weight excluding hydrogens is 508 g/mol. The zero-order valence-electron chi connectivity index (χ0n) is 19.4. The number of hydrogen-bond donors (Lipinski definition) is 10. The van der Waals surface area contributed by atoms with Crippen molar-refractivity contribution >= 4 is 17.3 Å². The molecule has 0 bridgehead atoms. The molecule has 16 nitrogen and oxygen atoms in total. The molecule has 10 N–H and O–H groups in total. The quantitative estimate of drug-likeness (QED) is 0.109. The summed E-state index contributed by atoms with van der Waals surface area (Å²) in [7, 11) is 0. The lowest BCUT2D eigenvalue weighted by atomic mass is 9.99. The zero-order chi connectivity index (χ0) is 26.6. The molecule has 0 saturated carbocycles. The summed E-state index contributed by atoms with van der Waals surface area (Å²) in [6, 6.07) is -0.786. The molecule has 10 atom stereocenters. The summed E-state index contributed by atoms with van der Waals surface area (Å²) >= 11 is 5.27. The molecule has 0 aliphatic carbocycles. The van der Waals surface area contributed by atoms with Gasteiger partial charge in [-0.15, -0.1) is 0 Å². The Kier molecular flexibility index (Phi) is 10.3. The lowest BCUT2D eigenvalue weighted by molar-refractivity contribution is -0.309. The molecule has 3 aliphatic heterocycles. The van der Waals surface area contributed by atoms with Gasteiger partial charge in [0.2, 0.25) is 5.66 Å². The minimum Gasteiger partial charge on any atom is -0.394 e. The Morgan fingerprint density at radius 3 is 1.67 bits per heavy atom. The second-order valence-electron chi connectivity index (χ2n) is 9.00. The molecule has 17 heteroatoms. The Morgan fingerprint density at radius 1 is 0.833 bits per heavy atom. The maximum atomic E-state index is 10.2. The molecule has 0 amide bonds. The van der Waals surface area contributed by atoms with Crippen LogP contribution >= 0.6 is 12.2 Å². The zero-order valence-corrected chi connectivity index (χ0v) is 20.2. The van der Waals surface area contributed by atoms with Crippen molar-refractivity contribution in [1.82, 2.24) is 10.6 Å². The summed E-state index contributed by atoms with van der Waals surface area (Å²) in [4.78, 5) is 0. The highest BCUT2D eigenvalue weighted by Gasteiger charge is 2.45. The summed E-state index contributed by atoms with van der Waals surface area (Å²) < 4.78 is 21.8. The molecular formula is C19H34N4O12S. The fourth-order valence-electron chi connectivity index (χ4n) is 3.60. The van der Waals surface area contributed by atoms with Crippen molar-refractivity contribution in [3.05, 3.63) is 0 Å². The van der Waals surface area contributed by atoms with E-state index in [1.807, 2.05) is 0 Å². The molecule has 208 valence electrons. The summed E-state index contributed by atoms with van der Waals surface area (Å²) in [5.41, 5.74) is -0.582. The minimum atomic E-state index is -1.63. The Hall–Kier alpha value is -1.19. The van der Waals surface area contributed by atoms with Crippen molar-refractivity contribution in [2.24, 2.45) is 10.2 Å². The second kappa shape index (κ2) is 12.6. The predicted molar refractivity (Wildman–Crippen MR) is 120 cm³/mol. The number of ether oxygens (including phenoxy) is 4. The van der Waals surface area contributed by atoms with Crippen molar-refractivity contribution < 1.29 is 59.8 Å². The molecule has 0 radical (unpaired) electrons. The van der Waals surface area contributed by atoms with Crippen LogP contribution in [0.3, 0.4) is 0 Å². The number of aliphatic hydroxyl groups excluding tert-OH is 8. The monoisotopic (exact) mass is 542 g/mol. The molecule has 2 fully saturated rings. The van der Waals surface area contributed by atoms with E-state index >= 15 is 0 Å². The van der Waals surface area contributed by atoms with E-state index in [9.17, 15) is 40.9 Å². The van der Waals surface area contributed by atoms with E-state index in [2.05, 4.69) is 20.9 Å². The number of nitrogens with one attached hydrogen (secondary N) is 2. The third kappa shape index (κ3) is 7.22. The highest BCUT2D eigenvalue weighted by Crippen LogP contribution is 2.26. The van der Waals surface area contributed by atoms with E-state index in [0.717, 1.165) is 0 Å². The van der Waals surface area contributed by atoms with Gasteiger partial charge in [-0.05, 0) is 19.1 Å². The molecule has 0 aromatic carbocycles. The van der Waals surface area contributed by atoms with Gasteiger partial charge in [0, 0.05) is 0 Å². The number of thiocarbonyl (C=S) groups is 1. The first-order valence-corrected chi connectivity index (χ1v) is 11.7. The van der Waals surface area contributed by atoms with Crippen LogP contribution in [0, 0.1) is 0 Å². The van der Waals surface area contributed by atoms with Crippen LogP contribution in [0.15, 0.2) is 10.2 Å². The number of hydrogen-bond acceptors (Lipinski definition) is 15. The third-order valence-electron chi connectivity index (χ3n) is 5.98. The normalized spacial score (nSPS) is 39.7. The lowest BCUT2D eigenvalue weighted by Crippen LogP contribution is -2.60. The average Bonchev–Trinajstić information content (AvgIpc) is 3.60. The fourth-order valence-corrected chi connectivity index (χ4v) is 3.84. The van der Waals surface area contributed by atoms with Gasteiger partial charge in [0.25, 0.3) is 0 Å². The number of aliphatic hydroxyl groups is 8. The fraction of sp³-hybridized carbons (Fsp3) is 0.947. The Morgan fingerprint density at radius 2 is 1.28 bits per heavy atom. The van der Waals surface area contributed by atoms with E-state index in [1.165, 1.54) is 0 Å². The first-order valence-electron chi connectivity index (χ1n) is 11.3. The molecule has 0 unspecified atom stereocenters. The van der Waals surface area contributed by atoms with Crippen LogP contribution in [0.5, 0.6) is 0 Å². The number of nitrogens with zero attached hydrogens (tertiary/aromatic N) is 2. The van der Waals surface area contributed by atoms with Crippen LogP contribution < -0.4 is 10.6 Å². The van der Waals surface area contributed by atoms with Gasteiger partial charge in [0.15, 0.2) is 17.7 Å². The smallest absolute Gasteiger partial charge is 0.205 e. The van der Waals surface area contributed by atoms with Gasteiger partial charge in [0.1, 0.15) is 48.8 Å². The molecule has 3 heterocycles. The summed E-state index contributed by atoms with van der Waals surface area (Å²) in [6.45, 7) is 0.324. The van der Waals surface area contributed by atoms with E-state index in [0.29, 0.717) is 6.54 Å². The largest absolute Gasteiger partial charge is 0.394 e. The van der Waals surface area contributed by atoms with Crippen LogP contribution in [0.1, 0.15) is 6.92 Å². The Balaban J connectivity index is 1.60. The summed E-state index contributed by atoms with van der Waals surface area (Å²) in [5.74, 6) is 0. The summed E-state index contributed by atoms with van der Waals surface area (Å²) in [5, 5.41) is 92.5. The molecule has 2 saturated heterocycles. The molecule has 3 rings (SSSR count). The van der Waals surface area contributed by atoms with Crippen LogP contribution in [0.25, 0.3) is 0 Å². The van der Waals surface area contributed by atoms with Crippen LogP contribution in [0.4, 0.5) is 0 Å². The Labute approximate surface area is 211 Å². The topological polar surface area (TPSA) is 248 Å². The van der Waals surface area contributed by atoms with E-state index < -0.39 is 86.3 Å². The lowest BCUT2D eigenvalue weighted by Gasteiger charge is -2.41. The first kappa shape index (κ1) is 29.4. The van der Waals surface area contributed by atoms with Gasteiger partial charge in [-0.25, -0.2) is 0 Å². The maximum absolute atomic E-state index is 10.2. The highest BCUT2D eigenvalue weighted by atomic mass is 32.1. The van der Waals surface area contributed by atoms with E-state index in [1.54, 1.807) is 6.92 Å². The maximum Gasteiger partial charge on any atom is 0.205 e. The van der Waals surface area contributed by atoms with Gasteiger partial charge in [-0.2, -0.15) is 10.2 Å². The van der Waals surface area contributed by atoms with Gasteiger partial charge >= 0.3 is 0 Å². The summed E-state index contributed by atoms with van der Waals surface area (Å²) in [6.07, 6.45) is -14.8. The SMILES string of the molecule is CC1(CNC(=S)NC(CO[C@H]2O[C@H](CO)[C@@H](O)[C@H](O)[C@@H]2O)CO[C@H]2O[C@H](CO)[C@@H](O)[C@H](O)[C@@H]2O)N=N1. The predicted octanol–water partition coefficient (Wildman–Crippen LogP) is -5.37. The average molecular weight is 543 g/mol. The van der Waals surface area contributed by atoms with E-state index in [-0.39, 0.29) is 18.3 Å². The molecule has 0 spiro atoms.